The summed E-state index contributed by atoms with van der Waals surface area (Å²) >= 11 is 0. The first-order valence-electron chi connectivity index (χ1n) is 5.28. The van der Waals surface area contributed by atoms with Gasteiger partial charge in [-0.25, -0.2) is 0 Å². The summed E-state index contributed by atoms with van der Waals surface area (Å²) in [4.78, 5) is 15.6. The lowest BCUT2D eigenvalue weighted by atomic mass is 9.73. The maximum Gasteiger partial charge on any atom is 0.317 e. The Bertz CT molecular complexity index is 267. The third-order valence-corrected chi connectivity index (χ3v) is 3.24. The number of amidine groups is 1. The zero-order valence-electron chi connectivity index (χ0n) is 8.25. The Balaban J connectivity index is 2.24. The van der Waals surface area contributed by atoms with E-state index in [0.717, 1.165) is 51.0 Å². The number of nitrogens with one attached hydrogen (secondary N) is 1. The Morgan fingerprint density at radius 1 is 1.36 bits per heavy atom. The van der Waals surface area contributed by atoms with E-state index in [-0.39, 0.29) is 0 Å². The molecule has 0 spiro atoms. The Labute approximate surface area is 83.4 Å². The van der Waals surface area contributed by atoms with Crippen molar-refractivity contribution in [3.63, 3.8) is 0 Å². The van der Waals surface area contributed by atoms with Gasteiger partial charge in [0.05, 0.1) is 6.54 Å². The van der Waals surface area contributed by atoms with Gasteiger partial charge in [0.25, 0.3) is 0 Å². The van der Waals surface area contributed by atoms with Gasteiger partial charge in [0, 0.05) is 6.54 Å². The quantitative estimate of drug-likeness (QED) is 0.693. The smallest absolute Gasteiger partial charge is 0.317 e. The highest BCUT2D eigenvalue weighted by molar-refractivity contribution is 6.05. The lowest BCUT2D eigenvalue weighted by Gasteiger charge is -2.33. The van der Waals surface area contributed by atoms with Crippen LogP contribution in [0, 0.1) is 5.41 Å². The molecule has 0 aromatic carbocycles. The van der Waals surface area contributed by atoms with Crippen LogP contribution in [0.25, 0.3) is 0 Å². The van der Waals surface area contributed by atoms with E-state index in [2.05, 4.69) is 10.3 Å². The van der Waals surface area contributed by atoms with Crippen molar-refractivity contribution in [2.24, 2.45) is 10.4 Å². The number of carboxylic acids is 1. The topological polar surface area (TPSA) is 61.7 Å². The maximum atomic E-state index is 11.3. The Kier molecular flexibility index (Phi) is 2.44. The number of hydrogen-bond acceptors (Lipinski definition) is 3. The first kappa shape index (κ1) is 9.49. The highest BCUT2D eigenvalue weighted by Crippen LogP contribution is 2.37. The fraction of sp³-hybridized carbons (Fsp3) is 0.800. The first-order chi connectivity index (χ1) is 6.76. The molecule has 0 atom stereocenters. The Hall–Kier alpha value is -1.06. The van der Waals surface area contributed by atoms with Crippen LogP contribution in [-0.4, -0.2) is 30.0 Å². The molecule has 0 unspecified atom stereocenters. The van der Waals surface area contributed by atoms with Gasteiger partial charge in [0.1, 0.15) is 11.3 Å². The number of rotatable bonds is 2. The maximum absolute atomic E-state index is 11.3. The molecular formula is C10H16N2O2. The summed E-state index contributed by atoms with van der Waals surface area (Å²) in [6.45, 7) is 1.52. The molecule has 1 aliphatic carbocycles. The number of carbonyl (C=O) groups is 1. The summed E-state index contributed by atoms with van der Waals surface area (Å²) in [5.74, 6) is 0.0232. The van der Waals surface area contributed by atoms with E-state index >= 15 is 0 Å². The van der Waals surface area contributed by atoms with E-state index in [1.54, 1.807) is 0 Å². The molecule has 4 heteroatoms. The minimum atomic E-state index is -0.703. The largest absolute Gasteiger partial charge is 0.480 e. The van der Waals surface area contributed by atoms with Crippen LogP contribution in [0.4, 0.5) is 0 Å². The summed E-state index contributed by atoms with van der Waals surface area (Å²) in [5.41, 5.74) is -0.686. The summed E-state index contributed by atoms with van der Waals surface area (Å²) < 4.78 is 0. The first-order valence-corrected chi connectivity index (χ1v) is 5.28. The van der Waals surface area contributed by atoms with Crippen molar-refractivity contribution < 1.29 is 9.90 Å². The second-order valence-electron chi connectivity index (χ2n) is 4.11. The number of hydrogen-bond donors (Lipinski definition) is 2. The van der Waals surface area contributed by atoms with E-state index in [1.165, 1.54) is 0 Å². The molecule has 78 valence electrons. The van der Waals surface area contributed by atoms with E-state index in [0.29, 0.717) is 0 Å². The third-order valence-electron chi connectivity index (χ3n) is 3.24. The van der Waals surface area contributed by atoms with Gasteiger partial charge in [-0.05, 0) is 12.8 Å². The van der Waals surface area contributed by atoms with E-state index < -0.39 is 11.4 Å². The van der Waals surface area contributed by atoms with Crippen molar-refractivity contribution in [1.82, 2.24) is 5.32 Å². The molecule has 14 heavy (non-hydrogen) atoms. The van der Waals surface area contributed by atoms with Crippen LogP contribution in [0.15, 0.2) is 4.99 Å². The molecule has 0 saturated heterocycles. The Morgan fingerprint density at radius 2 is 2.07 bits per heavy atom. The van der Waals surface area contributed by atoms with Gasteiger partial charge >= 0.3 is 5.97 Å². The molecule has 0 amide bonds. The monoisotopic (exact) mass is 196 g/mol. The minimum Gasteiger partial charge on any atom is -0.480 e. The van der Waals surface area contributed by atoms with Gasteiger partial charge in [0.15, 0.2) is 0 Å². The standard InChI is InChI=1S/C10H16N2O2/c13-9(14)10(4-2-1-3-5-10)8-11-6-7-12-8/h1-7H2,(H,11,12)(H,13,14). The van der Waals surface area contributed by atoms with Crippen LogP contribution < -0.4 is 5.32 Å². The molecule has 2 N–H and O–H groups in total. The SMILES string of the molecule is O=C(O)C1(C2=NCCN2)CCCCC1. The van der Waals surface area contributed by atoms with Gasteiger partial charge in [0.2, 0.25) is 0 Å². The number of nitrogens with zero attached hydrogens (tertiary/aromatic N) is 1. The minimum absolute atomic E-state index is 0.686. The van der Waals surface area contributed by atoms with Gasteiger partial charge in [-0.2, -0.15) is 0 Å². The molecule has 0 aromatic rings. The van der Waals surface area contributed by atoms with Crippen LogP contribution in [-0.2, 0) is 4.79 Å². The van der Waals surface area contributed by atoms with Gasteiger partial charge in [-0.1, -0.05) is 19.3 Å². The second-order valence-corrected chi connectivity index (χ2v) is 4.11. The molecule has 1 aliphatic heterocycles. The van der Waals surface area contributed by atoms with Gasteiger partial charge < -0.3 is 10.4 Å². The number of aliphatic carboxylic acids is 1. The molecule has 2 rings (SSSR count). The molecule has 1 fully saturated rings. The molecule has 1 saturated carbocycles. The van der Waals surface area contributed by atoms with Gasteiger partial charge in [-0.15, -0.1) is 0 Å². The highest BCUT2D eigenvalue weighted by Gasteiger charge is 2.45. The molecule has 0 radical (unpaired) electrons. The molecule has 2 aliphatic rings. The third kappa shape index (κ3) is 1.38. The van der Waals surface area contributed by atoms with Crippen LogP contribution >= 0.6 is 0 Å². The lowest BCUT2D eigenvalue weighted by Crippen LogP contribution is -2.46. The van der Waals surface area contributed by atoms with Crippen molar-refractivity contribution in [2.45, 2.75) is 32.1 Å². The molecular weight excluding hydrogens is 180 g/mol. The highest BCUT2D eigenvalue weighted by atomic mass is 16.4. The number of aliphatic imine (C=N–C) groups is 1. The van der Waals surface area contributed by atoms with Crippen LogP contribution in [0.5, 0.6) is 0 Å². The van der Waals surface area contributed by atoms with E-state index in [4.69, 9.17) is 0 Å². The summed E-state index contributed by atoms with van der Waals surface area (Å²) in [6, 6.07) is 0. The Morgan fingerprint density at radius 3 is 2.57 bits per heavy atom. The predicted molar refractivity (Wildman–Crippen MR) is 53.5 cm³/mol. The summed E-state index contributed by atoms with van der Waals surface area (Å²) in [6.07, 6.45) is 4.66. The average molecular weight is 196 g/mol. The fourth-order valence-electron chi connectivity index (χ4n) is 2.43. The van der Waals surface area contributed by atoms with Crippen LogP contribution in [0.1, 0.15) is 32.1 Å². The molecule has 4 nitrogen and oxygen atoms in total. The van der Waals surface area contributed by atoms with Crippen LogP contribution in [0.2, 0.25) is 0 Å². The molecule has 1 heterocycles. The molecule has 0 bridgehead atoms. The lowest BCUT2D eigenvalue weighted by molar-refractivity contribution is -0.146. The average Bonchev–Trinajstić information content (AvgIpc) is 2.72. The zero-order chi connectivity index (χ0) is 10.0. The van der Waals surface area contributed by atoms with Crippen LogP contribution in [0.3, 0.4) is 0 Å². The fourth-order valence-corrected chi connectivity index (χ4v) is 2.43. The zero-order valence-corrected chi connectivity index (χ0v) is 8.25. The summed E-state index contributed by atoms with van der Waals surface area (Å²) in [5, 5.41) is 12.4. The van der Waals surface area contributed by atoms with Crippen molar-refractivity contribution >= 4 is 11.8 Å². The van der Waals surface area contributed by atoms with E-state index in [9.17, 15) is 9.90 Å². The van der Waals surface area contributed by atoms with Crippen molar-refractivity contribution in [3.8, 4) is 0 Å². The van der Waals surface area contributed by atoms with Crippen molar-refractivity contribution in [1.29, 1.82) is 0 Å². The normalized spacial score (nSPS) is 25.3. The molecule has 0 aromatic heterocycles. The van der Waals surface area contributed by atoms with Crippen molar-refractivity contribution in [3.05, 3.63) is 0 Å². The summed E-state index contributed by atoms with van der Waals surface area (Å²) in [7, 11) is 0. The van der Waals surface area contributed by atoms with Gasteiger partial charge in [-0.3, -0.25) is 9.79 Å². The van der Waals surface area contributed by atoms with E-state index in [1.807, 2.05) is 0 Å². The predicted octanol–water partition coefficient (Wildman–Crippen LogP) is 1.02. The second kappa shape index (κ2) is 3.59. The number of carboxylic acid groups (broad SMARTS) is 1. The van der Waals surface area contributed by atoms with Crippen molar-refractivity contribution in [2.75, 3.05) is 13.1 Å².